The van der Waals surface area contributed by atoms with Crippen molar-refractivity contribution >= 4 is 11.4 Å². The Morgan fingerprint density at radius 3 is 2.03 bits per heavy atom. The van der Waals surface area contributed by atoms with Crippen molar-refractivity contribution < 1.29 is 4.39 Å². The largest absolute Gasteiger partial charge is 0.332 e. The molecule has 1 unspecified atom stereocenters. The Labute approximate surface area is 170 Å². The molecule has 29 heavy (non-hydrogen) atoms. The second kappa shape index (κ2) is 8.23. The average molecular weight is 383 g/mol. The van der Waals surface area contributed by atoms with Crippen LogP contribution in [-0.4, -0.2) is 9.97 Å². The van der Waals surface area contributed by atoms with Crippen molar-refractivity contribution in [3.05, 3.63) is 108 Å². The van der Waals surface area contributed by atoms with E-state index >= 15 is 0 Å². The van der Waals surface area contributed by atoms with Crippen LogP contribution in [0.25, 0.3) is 11.1 Å². The summed E-state index contributed by atoms with van der Waals surface area (Å²) in [6, 6.07) is 21.2. The van der Waals surface area contributed by atoms with Gasteiger partial charge in [0, 0.05) is 12.4 Å². The number of benzene rings is 2. The van der Waals surface area contributed by atoms with Gasteiger partial charge in [-0.2, -0.15) is 0 Å². The molecule has 0 aliphatic heterocycles. The molecule has 0 spiro atoms. The molecule has 144 valence electrons. The fourth-order valence-electron chi connectivity index (χ4n) is 3.76. The van der Waals surface area contributed by atoms with Gasteiger partial charge in [-0.25, -0.2) is 4.39 Å². The molecule has 0 amide bonds. The van der Waals surface area contributed by atoms with Crippen LogP contribution in [0.3, 0.4) is 0 Å². The standard InChI is InChI=1S/C25H22FN3/c1-18-15-20(26)11-12-23(18)25-10-4-3-9-24(25)19(2)29(21-7-5-13-27-16-21)22-8-6-14-28-17-22/h3-17,19H,1-2H3. The van der Waals surface area contributed by atoms with Crippen LogP contribution in [0.2, 0.25) is 0 Å². The molecule has 4 heteroatoms. The number of aromatic nitrogens is 2. The number of hydrogen-bond acceptors (Lipinski definition) is 3. The number of nitrogens with zero attached hydrogens (tertiary/aromatic N) is 3. The third-order valence-electron chi connectivity index (χ3n) is 5.12. The Hall–Kier alpha value is -3.53. The van der Waals surface area contributed by atoms with Crippen LogP contribution in [0.4, 0.5) is 15.8 Å². The van der Waals surface area contributed by atoms with Gasteiger partial charge in [0.05, 0.1) is 29.8 Å². The van der Waals surface area contributed by atoms with Gasteiger partial charge in [0.25, 0.3) is 0 Å². The predicted molar refractivity (Wildman–Crippen MR) is 116 cm³/mol. The highest BCUT2D eigenvalue weighted by Crippen LogP contribution is 2.38. The van der Waals surface area contributed by atoms with E-state index in [2.05, 4.69) is 33.9 Å². The molecule has 0 radical (unpaired) electrons. The van der Waals surface area contributed by atoms with Gasteiger partial charge in [0.1, 0.15) is 5.82 Å². The molecule has 0 fully saturated rings. The minimum Gasteiger partial charge on any atom is -0.332 e. The fourth-order valence-corrected chi connectivity index (χ4v) is 3.76. The summed E-state index contributed by atoms with van der Waals surface area (Å²) in [6.45, 7) is 4.11. The minimum absolute atomic E-state index is 0.00375. The smallest absolute Gasteiger partial charge is 0.123 e. The number of aryl methyl sites for hydroxylation is 1. The van der Waals surface area contributed by atoms with E-state index in [9.17, 15) is 4.39 Å². The minimum atomic E-state index is -0.218. The molecule has 0 aliphatic carbocycles. The van der Waals surface area contributed by atoms with E-state index in [0.29, 0.717) is 0 Å². The van der Waals surface area contributed by atoms with E-state index < -0.39 is 0 Å². The van der Waals surface area contributed by atoms with Crippen molar-refractivity contribution in [3.63, 3.8) is 0 Å². The van der Waals surface area contributed by atoms with E-state index in [1.807, 2.05) is 61.8 Å². The summed E-state index contributed by atoms with van der Waals surface area (Å²) in [4.78, 5) is 10.8. The number of anilines is 2. The van der Waals surface area contributed by atoms with Gasteiger partial charge in [0.2, 0.25) is 0 Å². The first-order valence-corrected chi connectivity index (χ1v) is 9.60. The van der Waals surface area contributed by atoms with Crippen molar-refractivity contribution in [3.8, 4) is 11.1 Å². The molecule has 4 rings (SSSR count). The maximum absolute atomic E-state index is 13.7. The Morgan fingerprint density at radius 2 is 1.45 bits per heavy atom. The highest BCUT2D eigenvalue weighted by molar-refractivity contribution is 5.73. The molecule has 0 saturated carbocycles. The van der Waals surface area contributed by atoms with Gasteiger partial charge in [0.15, 0.2) is 0 Å². The van der Waals surface area contributed by atoms with E-state index in [1.165, 1.54) is 6.07 Å². The highest BCUT2D eigenvalue weighted by Gasteiger charge is 2.22. The molecule has 2 aromatic heterocycles. The van der Waals surface area contributed by atoms with Gasteiger partial charge in [-0.05, 0) is 72.5 Å². The predicted octanol–water partition coefficient (Wildman–Crippen LogP) is 6.49. The monoisotopic (exact) mass is 383 g/mol. The third kappa shape index (κ3) is 3.87. The molecule has 0 saturated heterocycles. The normalized spacial score (nSPS) is 11.8. The number of hydrogen-bond donors (Lipinski definition) is 0. The Kier molecular flexibility index (Phi) is 5.34. The van der Waals surface area contributed by atoms with Gasteiger partial charge in [-0.15, -0.1) is 0 Å². The van der Waals surface area contributed by atoms with Gasteiger partial charge < -0.3 is 4.90 Å². The zero-order valence-corrected chi connectivity index (χ0v) is 16.5. The first-order valence-electron chi connectivity index (χ1n) is 9.60. The zero-order chi connectivity index (χ0) is 20.2. The maximum atomic E-state index is 13.7. The topological polar surface area (TPSA) is 29.0 Å². The molecule has 4 aromatic rings. The third-order valence-corrected chi connectivity index (χ3v) is 5.12. The van der Waals surface area contributed by atoms with Crippen LogP contribution >= 0.6 is 0 Å². The molecule has 0 bridgehead atoms. The molecular formula is C25H22FN3. The highest BCUT2D eigenvalue weighted by atomic mass is 19.1. The quantitative estimate of drug-likeness (QED) is 0.394. The lowest BCUT2D eigenvalue weighted by molar-refractivity contribution is 0.627. The lowest BCUT2D eigenvalue weighted by atomic mass is 9.92. The summed E-state index contributed by atoms with van der Waals surface area (Å²) in [5.74, 6) is -0.218. The number of pyridine rings is 2. The Bertz CT molecular complexity index is 1060. The molecule has 1 atom stereocenters. The first kappa shape index (κ1) is 18.8. The molecular weight excluding hydrogens is 361 g/mol. The van der Waals surface area contributed by atoms with Crippen molar-refractivity contribution in [1.29, 1.82) is 0 Å². The number of halogens is 1. The summed E-state index contributed by atoms with van der Waals surface area (Å²) in [5.41, 5.74) is 6.16. The summed E-state index contributed by atoms with van der Waals surface area (Å²) in [6.07, 6.45) is 7.25. The lowest BCUT2D eigenvalue weighted by Gasteiger charge is -2.32. The van der Waals surface area contributed by atoms with Crippen molar-refractivity contribution in [2.75, 3.05) is 4.90 Å². The summed E-state index contributed by atoms with van der Waals surface area (Å²) in [5, 5.41) is 0. The summed E-state index contributed by atoms with van der Waals surface area (Å²) >= 11 is 0. The average Bonchev–Trinajstić information content (AvgIpc) is 2.75. The van der Waals surface area contributed by atoms with E-state index in [0.717, 1.165) is 33.6 Å². The molecule has 3 nitrogen and oxygen atoms in total. The molecule has 0 aliphatic rings. The summed E-state index contributed by atoms with van der Waals surface area (Å²) in [7, 11) is 0. The fraction of sp³-hybridized carbons (Fsp3) is 0.120. The molecule has 0 N–H and O–H groups in total. The van der Waals surface area contributed by atoms with Crippen LogP contribution < -0.4 is 4.90 Å². The first-order chi connectivity index (χ1) is 14.1. The molecule has 2 heterocycles. The number of rotatable bonds is 5. The Balaban J connectivity index is 1.85. The second-order valence-electron chi connectivity index (χ2n) is 7.01. The molecule has 2 aromatic carbocycles. The SMILES string of the molecule is Cc1cc(F)ccc1-c1ccccc1C(C)N(c1cccnc1)c1cccnc1. The van der Waals surface area contributed by atoms with Crippen LogP contribution in [0.1, 0.15) is 24.1 Å². The lowest BCUT2D eigenvalue weighted by Crippen LogP contribution is -2.22. The van der Waals surface area contributed by atoms with Crippen LogP contribution in [0.5, 0.6) is 0 Å². The van der Waals surface area contributed by atoms with E-state index in [-0.39, 0.29) is 11.9 Å². The zero-order valence-electron chi connectivity index (χ0n) is 16.5. The van der Waals surface area contributed by atoms with Crippen LogP contribution in [-0.2, 0) is 0 Å². The second-order valence-corrected chi connectivity index (χ2v) is 7.01. The van der Waals surface area contributed by atoms with E-state index in [4.69, 9.17) is 0 Å². The van der Waals surface area contributed by atoms with Crippen LogP contribution in [0, 0.1) is 12.7 Å². The van der Waals surface area contributed by atoms with Gasteiger partial charge >= 0.3 is 0 Å². The maximum Gasteiger partial charge on any atom is 0.123 e. The van der Waals surface area contributed by atoms with E-state index in [1.54, 1.807) is 18.5 Å². The van der Waals surface area contributed by atoms with Crippen molar-refractivity contribution in [2.24, 2.45) is 0 Å². The Morgan fingerprint density at radius 1 is 0.793 bits per heavy atom. The van der Waals surface area contributed by atoms with Crippen molar-refractivity contribution in [2.45, 2.75) is 19.9 Å². The summed E-state index contributed by atoms with van der Waals surface area (Å²) < 4.78 is 13.7. The van der Waals surface area contributed by atoms with Crippen molar-refractivity contribution in [1.82, 2.24) is 9.97 Å². The van der Waals surface area contributed by atoms with Gasteiger partial charge in [-0.1, -0.05) is 30.3 Å². The van der Waals surface area contributed by atoms with Crippen LogP contribution in [0.15, 0.2) is 91.5 Å². The van der Waals surface area contributed by atoms with Gasteiger partial charge in [-0.3, -0.25) is 9.97 Å².